The fourth-order valence-corrected chi connectivity index (χ4v) is 6.60. The molecule has 1 amide bonds. The Morgan fingerprint density at radius 1 is 1.06 bits per heavy atom. The number of amides is 1. The Bertz CT molecular complexity index is 1730. The van der Waals surface area contributed by atoms with Crippen LogP contribution in [0.5, 0.6) is 11.5 Å². The van der Waals surface area contributed by atoms with E-state index < -0.39 is 46.6 Å². The Kier molecular flexibility index (Phi) is 12.1. The molecule has 1 N–H and O–H groups in total. The summed E-state index contributed by atoms with van der Waals surface area (Å²) < 4.78 is 72.5. The molecule has 1 saturated carbocycles. The Morgan fingerprint density at radius 3 is 2.31 bits per heavy atom. The second-order valence-corrected chi connectivity index (χ2v) is 14.4. The maximum Gasteiger partial charge on any atom is 0.387 e. The third kappa shape index (κ3) is 9.68. The van der Waals surface area contributed by atoms with Gasteiger partial charge in [-0.05, 0) is 60.6 Å². The zero-order valence-electron chi connectivity index (χ0n) is 26.5. The highest BCUT2D eigenvalue weighted by Crippen LogP contribution is 2.38. The largest absolute Gasteiger partial charge is 0.619 e. The molecule has 16 heteroatoms. The molecular formula is C32H35Cl2F2N3O8S. The van der Waals surface area contributed by atoms with Gasteiger partial charge in [0.15, 0.2) is 23.9 Å². The van der Waals surface area contributed by atoms with E-state index in [1.54, 1.807) is 13.8 Å². The zero-order chi connectivity index (χ0) is 35.3. The van der Waals surface area contributed by atoms with E-state index >= 15 is 0 Å². The number of pyridine rings is 1. The van der Waals surface area contributed by atoms with Crippen LogP contribution < -0.4 is 18.9 Å². The molecule has 48 heavy (non-hydrogen) atoms. The van der Waals surface area contributed by atoms with E-state index in [4.69, 9.17) is 32.7 Å². The van der Waals surface area contributed by atoms with Gasteiger partial charge in [0.2, 0.25) is 10.0 Å². The zero-order valence-corrected chi connectivity index (χ0v) is 28.8. The number of alkyl halides is 2. The second-order valence-electron chi connectivity index (χ2n) is 11.8. The molecule has 0 saturated heterocycles. The quantitative estimate of drug-likeness (QED) is 0.122. The molecule has 260 valence electrons. The topological polar surface area (TPSA) is 138 Å². The van der Waals surface area contributed by atoms with Gasteiger partial charge in [0.25, 0.3) is 5.91 Å². The number of ether oxygens (including phenoxy) is 3. The highest BCUT2D eigenvalue weighted by atomic mass is 35.5. The Hall–Kier alpha value is -3.72. The highest BCUT2D eigenvalue weighted by Gasteiger charge is 2.33. The number of halogens is 4. The fourth-order valence-electron chi connectivity index (χ4n) is 4.62. The predicted octanol–water partition coefficient (Wildman–Crippen LogP) is 5.55. The van der Waals surface area contributed by atoms with E-state index in [9.17, 15) is 32.0 Å². The number of rotatable bonds is 15. The first-order valence-electron chi connectivity index (χ1n) is 14.9. The van der Waals surface area contributed by atoms with E-state index in [1.807, 2.05) is 0 Å². The lowest BCUT2D eigenvalue weighted by molar-refractivity contribution is -0.605. The SMILES string of the molecule is CC(C)[C@H](NS(=O)(=O)c1cccc(C(=O)N(C)C)c1)C(=O)O[C@@H](Cc1c(Cl)c[n+]([O-])cc1Cl)c1ccc(OC(F)F)c(OCC2CC2)c1. The van der Waals surface area contributed by atoms with Crippen LogP contribution in [0, 0.1) is 17.0 Å². The van der Waals surface area contributed by atoms with Crippen LogP contribution in [0.2, 0.25) is 10.0 Å². The average molecular weight is 731 g/mol. The summed E-state index contributed by atoms with van der Waals surface area (Å²) in [4.78, 5) is 27.3. The monoisotopic (exact) mass is 729 g/mol. The Morgan fingerprint density at radius 2 is 1.73 bits per heavy atom. The van der Waals surface area contributed by atoms with Crippen LogP contribution in [-0.2, 0) is 26.0 Å². The van der Waals surface area contributed by atoms with E-state index in [1.165, 1.54) is 61.5 Å². The molecule has 0 unspecified atom stereocenters. The normalized spacial score (nSPS) is 14.5. The third-order valence-corrected chi connectivity index (χ3v) is 9.52. The number of hydrogen-bond donors (Lipinski definition) is 1. The first-order chi connectivity index (χ1) is 22.5. The smallest absolute Gasteiger partial charge is 0.387 e. The van der Waals surface area contributed by atoms with Gasteiger partial charge in [-0.2, -0.15) is 18.2 Å². The van der Waals surface area contributed by atoms with Crippen molar-refractivity contribution < 1.29 is 45.7 Å². The molecule has 1 heterocycles. The first kappa shape index (κ1) is 37.1. The van der Waals surface area contributed by atoms with E-state index in [0.717, 1.165) is 25.2 Å². The summed E-state index contributed by atoms with van der Waals surface area (Å²) in [7, 11) is -1.30. The van der Waals surface area contributed by atoms with Crippen molar-refractivity contribution in [2.75, 3.05) is 20.7 Å². The van der Waals surface area contributed by atoms with Gasteiger partial charge in [-0.15, -0.1) is 0 Å². The van der Waals surface area contributed by atoms with Crippen molar-refractivity contribution in [3.05, 3.63) is 86.8 Å². The molecule has 0 aliphatic heterocycles. The van der Waals surface area contributed by atoms with Crippen LogP contribution in [0.15, 0.2) is 59.8 Å². The van der Waals surface area contributed by atoms with Crippen molar-refractivity contribution in [3.63, 3.8) is 0 Å². The van der Waals surface area contributed by atoms with Gasteiger partial charge in [0.05, 0.1) is 11.5 Å². The van der Waals surface area contributed by atoms with Gasteiger partial charge >= 0.3 is 12.6 Å². The summed E-state index contributed by atoms with van der Waals surface area (Å²) in [6, 6.07) is 7.97. The first-order valence-corrected chi connectivity index (χ1v) is 17.1. The number of esters is 1. The van der Waals surface area contributed by atoms with Gasteiger partial charge in [-0.3, -0.25) is 9.59 Å². The number of carbonyl (C=O) groups excluding carboxylic acids is 2. The fraction of sp³-hybridized carbons (Fsp3) is 0.406. The maximum atomic E-state index is 13.8. The molecule has 0 spiro atoms. The molecule has 4 rings (SSSR count). The molecule has 1 aliphatic rings. The van der Waals surface area contributed by atoms with Crippen LogP contribution >= 0.6 is 23.2 Å². The lowest BCUT2D eigenvalue weighted by Crippen LogP contribution is -2.45. The van der Waals surface area contributed by atoms with Crippen molar-refractivity contribution >= 4 is 45.1 Å². The van der Waals surface area contributed by atoms with E-state index in [-0.39, 0.29) is 62.1 Å². The third-order valence-electron chi connectivity index (χ3n) is 7.43. The van der Waals surface area contributed by atoms with Crippen molar-refractivity contribution in [3.8, 4) is 11.5 Å². The summed E-state index contributed by atoms with van der Waals surface area (Å²) in [5.74, 6) is -2.00. The summed E-state index contributed by atoms with van der Waals surface area (Å²) in [6.07, 6.45) is 2.58. The molecule has 1 aromatic heterocycles. The summed E-state index contributed by atoms with van der Waals surface area (Å²) in [6.45, 7) is 0.336. The summed E-state index contributed by atoms with van der Waals surface area (Å²) in [5.41, 5.74) is 0.629. The van der Waals surface area contributed by atoms with Crippen LogP contribution in [0.4, 0.5) is 8.78 Å². The summed E-state index contributed by atoms with van der Waals surface area (Å²) >= 11 is 12.7. The predicted molar refractivity (Wildman–Crippen MR) is 173 cm³/mol. The van der Waals surface area contributed by atoms with Gasteiger partial charge in [0, 0.05) is 31.6 Å². The van der Waals surface area contributed by atoms with Gasteiger partial charge in [-0.1, -0.05) is 49.2 Å². The van der Waals surface area contributed by atoms with E-state index in [0.29, 0.717) is 4.73 Å². The number of nitrogens with zero attached hydrogens (tertiary/aromatic N) is 2. The van der Waals surface area contributed by atoms with Gasteiger partial charge in [-0.25, -0.2) is 8.42 Å². The minimum absolute atomic E-state index is 0.0170. The average Bonchev–Trinajstić information content (AvgIpc) is 3.84. The van der Waals surface area contributed by atoms with Gasteiger partial charge < -0.3 is 24.3 Å². The lowest BCUT2D eigenvalue weighted by Gasteiger charge is -2.26. The van der Waals surface area contributed by atoms with Crippen LogP contribution in [0.25, 0.3) is 0 Å². The Balaban J connectivity index is 1.69. The second kappa shape index (κ2) is 15.7. The van der Waals surface area contributed by atoms with Crippen molar-refractivity contribution in [2.45, 2.75) is 56.8 Å². The maximum absolute atomic E-state index is 13.8. The molecule has 3 aromatic rings. The molecule has 0 bridgehead atoms. The van der Waals surface area contributed by atoms with Crippen molar-refractivity contribution in [1.82, 2.24) is 9.62 Å². The number of aromatic nitrogens is 1. The molecule has 2 atom stereocenters. The Labute approximate surface area is 287 Å². The number of carbonyl (C=O) groups is 2. The van der Waals surface area contributed by atoms with Gasteiger partial charge in [0.1, 0.15) is 22.2 Å². The summed E-state index contributed by atoms with van der Waals surface area (Å²) in [5, 5.41) is 11.8. The van der Waals surface area contributed by atoms with Crippen molar-refractivity contribution in [2.24, 2.45) is 11.8 Å². The lowest BCUT2D eigenvalue weighted by atomic mass is 10.0. The minimum atomic E-state index is -4.35. The standard InChI is InChI=1S/C32H35Cl2F2N3O8S/c1-18(2)29(37-48(43,44)22-7-5-6-21(12-22)30(40)38(3)4)31(41)46-27(14-23-24(33)15-39(42)16-25(23)34)20-10-11-26(47-32(35)36)28(13-20)45-17-19-8-9-19/h5-7,10-13,15-16,18-19,27,29,32,37H,8-9,14,17H2,1-4H3/t27-,29-/m0/s1. The molecule has 2 aromatic carbocycles. The van der Waals surface area contributed by atoms with E-state index in [2.05, 4.69) is 9.46 Å². The number of benzene rings is 2. The number of sulfonamides is 1. The minimum Gasteiger partial charge on any atom is -0.619 e. The van der Waals surface area contributed by atoms with Crippen LogP contribution in [0.1, 0.15) is 54.3 Å². The van der Waals surface area contributed by atoms with Crippen LogP contribution in [0.3, 0.4) is 0 Å². The molecule has 1 aliphatic carbocycles. The van der Waals surface area contributed by atoms with Crippen LogP contribution in [-0.4, -0.2) is 58.5 Å². The van der Waals surface area contributed by atoms with Crippen molar-refractivity contribution in [1.29, 1.82) is 0 Å². The highest BCUT2D eigenvalue weighted by molar-refractivity contribution is 7.89. The molecule has 0 radical (unpaired) electrons. The number of nitrogens with one attached hydrogen (secondary N) is 1. The number of hydrogen-bond acceptors (Lipinski definition) is 8. The molecular weight excluding hydrogens is 695 g/mol. The molecule has 1 fully saturated rings. The molecule has 11 nitrogen and oxygen atoms in total.